The fraction of sp³-hybridized carbons (Fsp3) is 0.565. The van der Waals surface area contributed by atoms with Crippen LogP contribution in [-0.4, -0.2) is 85.8 Å². The highest BCUT2D eigenvalue weighted by Gasteiger charge is 2.46. The van der Waals surface area contributed by atoms with E-state index in [0.29, 0.717) is 24.6 Å². The number of piperazine rings is 1. The molecule has 4 rings (SSSR count). The molecule has 0 spiro atoms. The number of amides is 3. The number of aliphatic hydroxyl groups excluding tert-OH is 1. The second kappa shape index (κ2) is 9.88. The number of hydrogen-bond acceptors (Lipinski definition) is 6. The van der Waals surface area contributed by atoms with Crippen LogP contribution in [0.5, 0.6) is 0 Å². The summed E-state index contributed by atoms with van der Waals surface area (Å²) in [6, 6.07) is 5.21. The third-order valence-electron chi connectivity index (χ3n) is 6.42. The summed E-state index contributed by atoms with van der Waals surface area (Å²) in [5.74, 6) is 0.0935. The number of rotatable bonds is 5. The molecule has 10 nitrogen and oxygen atoms in total. The number of pyridine rings is 1. The maximum absolute atomic E-state index is 13.5. The number of nitrogens with zero attached hydrogens (tertiary/aromatic N) is 5. The quantitative estimate of drug-likeness (QED) is 0.634. The molecule has 2 aliphatic rings. The number of anilines is 1. The number of aliphatic hydroxyl groups is 1. The van der Waals surface area contributed by atoms with E-state index < -0.39 is 5.54 Å². The molecule has 1 unspecified atom stereocenters. The maximum Gasteiger partial charge on any atom is 0.321 e. The van der Waals surface area contributed by atoms with Crippen LogP contribution in [0.1, 0.15) is 56.4 Å². The smallest absolute Gasteiger partial charge is 0.321 e. The van der Waals surface area contributed by atoms with Crippen molar-refractivity contribution < 1.29 is 14.7 Å². The summed E-state index contributed by atoms with van der Waals surface area (Å²) in [6.07, 6.45) is 2.31. The SMILES string of the molecule is C.CC1CN(CCCO)CCN1C(=O)N1Cc2c(NC(=O)c3ccccn3)n[nH]c2C1(C)C. The second-order valence-corrected chi connectivity index (χ2v) is 8.94. The summed E-state index contributed by atoms with van der Waals surface area (Å²) in [5.41, 5.74) is 1.38. The normalized spacial score (nSPS) is 19.7. The Balaban J connectivity index is 0.00000306. The number of carbonyl (C=O) groups is 2. The average Bonchev–Trinajstić information content (AvgIpc) is 3.30. The van der Waals surface area contributed by atoms with Gasteiger partial charge in [-0.05, 0) is 39.3 Å². The molecule has 4 heterocycles. The van der Waals surface area contributed by atoms with Gasteiger partial charge in [0.2, 0.25) is 0 Å². The zero-order valence-corrected chi connectivity index (χ0v) is 18.8. The number of fused-ring (bicyclic) bond motifs is 1. The molecule has 3 amide bonds. The van der Waals surface area contributed by atoms with E-state index in [1.165, 1.54) is 0 Å². The molecule has 2 aliphatic heterocycles. The molecule has 1 atom stereocenters. The summed E-state index contributed by atoms with van der Waals surface area (Å²) in [5, 5.41) is 19.2. The highest BCUT2D eigenvalue weighted by molar-refractivity contribution is 6.02. The average molecular weight is 458 g/mol. The zero-order valence-electron chi connectivity index (χ0n) is 18.8. The summed E-state index contributed by atoms with van der Waals surface area (Å²) in [6.45, 7) is 9.66. The van der Waals surface area contributed by atoms with Gasteiger partial charge < -0.3 is 20.2 Å². The molecule has 0 saturated carbocycles. The highest BCUT2D eigenvalue weighted by atomic mass is 16.3. The first kappa shape index (κ1) is 24.7. The van der Waals surface area contributed by atoms with E-state index >= 15 is 0 Å². The topological polar surface area (TPSA) is 118 Å². The Kier molecular flexibility index (Phi) is 7.38. The number of urea groups is 1. The van der Waals surface area contributed by atoms with Crippen LogP contribution in [0.15, 0.2) is 24.4 Å². The largest absolute Gasteiger partial charge is 0.396 e. The Labute approximate surface area is 195 Å². The number of hydrogen-bond donors (Lipinski definition) is 3. The van der Waals surface area contributed by atoms with Crippen LogP contribution in [0.4, 0.5) is 10.6 Å². The molecule has 1 fully saturated rings. The summed E-state index contributed by atoms with van der Waals surface area (Å²) in [4.78, 5) is 36.2. The Hall–Kier alpha value is -2.98. The summed E-state index contributed by atoms with van der Waals surface area (Å²) >= 11 is 0. The molecule has 0 aromatic carbocycles. The molecule has 0 aliphatic carbocycles. The summed E-state index contributed by atoms with van der Waals surface area (Å²) in [7, 11) is 0. The van der Waals surface area contributed by atoms with Crippen LogP contribution in [-0.2, 0) is 12.1 Å². The van der Waals surface area contributed by atoms with Crippen LogP contribution >= 0.6 is 0 Å². The van der Waals surface area contributed by atoms with Gasteiger partial charge in [0.15, 0.2) is 5.82 Å². The third kappa shape index (κ3) is 4.72. The lowest BCUT2D eigenvalue weighted by molar-refractivity contribution is 0.0571. The van der Waals surface area contributed by atoms with Crippen molar-refractivity contribution in [3.05, 3.63) is 41.3 Å². The minimum absolute atomic E-state index is 0. The molecule has 180 valence electrons. The van der Waals surface area contributed by atoms with E-state index in [2.05, 4.69) is 32.3 Å². The first-order valence-corrected chi connectivity index (χ1v) is 11.0. The molecule has 2 aromatic heterocycles. The molecule has 1 saturated heterocycles. The van der Waals surface area contributed by atoms with E-state index in [9.17, 15) is 9.59 Å². The van der Waals surface area contributed by atoms with Crippen molar-refractivity contribution >= 4 is 17.8 Å². The van der Waals surface area contributed by atoms with Crippen molar-refractivity contribution in [1.29, 1.82) is 0 Å². The summed E-state index contributed by atoms with van der Waals surface area (Å²) < 4.78 is 0. The van der Waals surface area contributed by atoms with Gasteiger partial charge in [0.1, 0.15) is 5.69 Å². The lowest BCUT2D eigenvalue weighted by atomic mass is 10.0. The third-order valence-corrected chi connectivity index (χ3v) is 6.42. The Morgan fingerprint density at radius 1 is 1.30 bits per heavy atom. The van der Waals surface area contributed by atoms with E-state index in [-0.39, 0.29) is 32.0 Å². The maximum atomic E-state index is 13.5. The number of aromatic amines is 1. The number of H-pyrrole nitrogens is 1. The van der Waals surface area contributed by atoms with E-state index in [1.807, 2.05) is 23.6 Å². The molecule has 10 heteroatoms. The van der Waals surface area contributed by atoms with Crippen molar-refractivity contribution in [2.75, 3.05) is 38.1 Å². The van der Waals surface area contributed by atoms with Crippen molar-refractivity contribution in [3.63, 3.8) is 0 Å². The van der Waals surface area contributed by atoms with Gasteiger partial charge >= 0.3 is 6.03 Å². The monoisotopic (exact) mass is 457 g/mol. The molecule has 33 heavy (non-hydrogen) atoms. The van der Waals surface area contributed by atoms with E-state index in [4.69, 9.17) is 5.11 Å². The predicted molar refractivity (Wildman–Crippen MR) is 126 cm³/mol. The van der Waals surface area contributed by atoms with Gasteiger partial charge in [-0.3, -0.25) is 19.8 Å². The highest BCUT2D eigenvalue weighted by Crippen LogP contribution is 2.41. The van der Waals surface area contributed by atoms with Crippen LogP contribution < -0.4 is 5.32 Å². The molecule has 0 radical (unpaired) electrons. The van der Waals surface area contributed by atoms with Crippen molar-refractivity contribution in [1.82, 2.24) is 29.9 Å². The van der Waals surface area contributed by atoms with Crippen molar-refractivity contribution in [3.8, 4) is 0 Å². The molecular weight excluding hydrogens is 422 g/mol. The molecule has 2 aromatic rings. The lowest BCUT2D eigenvalue weighted by Gasteiger charge is -2.43. The van der Waals surface area contributed by atoms with Gasteiger partial charge in [-0.15, -0.1) is 0 Å². The van der Waals surface area contributed by atoms with Crippen LogP contribution in [0.3, 0.4) is 0 Å². The van der Waals surface area contributed by atoms with E-state index in [1.54, 1.807) is 24.4 Å². The first-order valence-electron chi connectivity index (χ1n) is 11.0. The van der Waals surface area contributed by atoms with Gasteiger partial charge in [0.25, 0.3) is 5.91 Å². The minimum Gasteiger partial charge on any atom is -0.396 e. The van der Waals surface area contributed by atoms with Gasteiger partial charge in [-0.1, -0.05) is 13.5 Å². The fourth-order valence-electron chi connectivity index (χ4n) is 4.56. The second-order valence-electron chi connectivity index (χ2n) is 8.94. The number of aromatic nitrogens is 3. The van der Waals surface area contributed by atoms with Gasteiger partial charge in [-0.2, -0.15) is 5.10 Å². The first-order chi connectivity index (χ1) is 15.3. The van der Waals surface area contributed by atoms with Crippen LogP contribution in [0.25, 0.3) is 0 Å². The lowest BCUT2D eigenvalue weighted by Crippen LogP contribution is -2.58. The van der Waals surface area contributed by atoms with E-state index in [0.717, 1.165) is 37.3 Å². The molecule has 0 bridgehead atoms. The van der Waals surface area contributed by atoms with Gasteiger partial charge in [0.05, 0.1) is 17.8 Å². The zero-order chi connectivity index (χ0) is 22.9. The Bertz CT molecular complexity index is 976. The predicted octanol–water partition coefficient (Wildman–Crippen LogP) is 2.25. The molecule has 3 N–H and O–H groups in total. The van der Waals surface area contributed by atoms with Gasteiger partial charge in [0, 0.05) is 50.6 Å². The number of carbonyl (C=O) groups excluding carboxylic acids is 2. The fourth-order valence-corrected chi connectivity index (χ4v) is 4.56. The van der Waals surface area contributed by atoms with Crippen LogP contribution in [0.2, 0.25) is 0 Å². The van der Waals surface area contributed by atoms with Crippen molar-refractivity contribution in [2.24, 2.45) is 0 Å². The standard InChI is InChI=1S/C22H31N7O3.CH4/c1-15-13-27(9-6-12-30)10-11-28(15)21(32)29-14-16-18(22(29,2)3)25-26-19(16)24-20(31)17-7-4-5-8-23-17;/h4-5,7-8,15,30H,6,9-14H2,1-3H3,(H2,24,25,26,31);1H4. The van der Waals surface area contributed by atoms with Crippen LogP contribution in [0, 0.1) is 0 Å². The van der Waals surface area contributed by atoms with Crippen molar-refractivity contribution in [2.45, 2.75) is 52.7 Å². The van der Waals surface area contributed by atoms with Gasteiger partial charge in [-0.25, -0.2) is 4.79 Å². The molecular formula is C23H35N7O3. The Morgan fingerprint density at radius 3 is 2.76 bits per heavy atom. The number of nitrogens with one attached hydrogen (secondary N) is 2. The Morgan fingerprint density at radius 2 is 2.09 bits per heavy atom. The minimum atomic E-state index is -0.582.